The lowest BCUT2D eigenvalue weighted by atomic mass is 10.1. The summed E-state index contributed by atoms with van der Waals surface area (Å²) in [5.74, 6) is 1.13. The van der Waals surface area contributed by atoms with Crippen LogP contribution in [0.4, 0.5) is 23.1 Å². The number of halogens is 2. The number of carbonyl (C=O) groups excluding carboxylic acids is 1. The first-order valence-electron chi connectivity index (χ1n) is 13.4. The molecule has 15 heteroatoms. The van der Waals surface area contributed by atoms with Crippen LogP contribution in [0, 0.1) is 0 Å². The van der Waals surface area contributed by atoms with Crippen LogP contribution in [-0.4, -0.2) is 75.7 Å². The molecule has 1 aromatic carbocycles. The molecule has 0 radical (unpaired) electrons. The number of methoxy groups -OCH3 is 1. The van der Waals surface area contributed by atoms with Crippen LogP contribution in [0.1, 0.15) is 22.8 Å². The van der Waals surface area contributed by atoms with Crippen LogP contribution in [0.5, 0.6) is 5.75 Å². The molecule has 5 rings (SSSR count). The molecule has 1 amide bonds. The molecule has 1 saturated heterocycles. The Hall–Kier alpha value is -4.14. The van der Waals surface area contributed by atoms with Crippen molar-refractivity contribution in [3.05, 3.63) is 70.5 Å². The van der Waals surface area contributed by atoms with Gasteiger partial charge in [-0.05, 0) is 24.6 Å². The maximum atomic E-state index is 12.7. The third kappa shape index (κ3) is 7.45. The Balaban J connectivity index is 1.37. The Kier molecular flexibility index (Phi) is 10.1. The highest BCUT2D eigenvalue weighted by molar-refractivity contribution is 6.42. The fourth-order valence-electron chi connectivity index (χ4n) is 4.28. The van der Waals surface area contributed by atoms with Gasteiger partial charge in [0, 0.05) is 38.1 Å². The number of rotatable bonds is 11. The van der Waals surface area contributed by atoms with E-state index in [1.54, 1.807) is 19.2 Å². The third-order valence-electron chi connectivity index (χ3n) is 6.43. The fourth-order valence-corrected chi connectivity index (χ4v) is 4.88. The molecule has 4 heterocycles. The summed E-state index contributed by atoms with van der Waals surface area (Å²) in [6, 6.07) is 7.10. The molecule has 0 bridgehead atoms. The van der Waals surface area contributed by atoms with Crippen LogP contribution in [0.3, 0.4) is 0 Å². The number of hydrogen-bond donors (Lipinski definition) is 3. The van der Waals surface area contributed by atoms with Gasteiger partial charge in [-0.25, -0.2) is 30.4 Å². The molecule has 0 spiro atoms. The summed E-state index contributed by atoms with van der Waals surface area (Å²) in [6.07, 6.45) is 6.21. The molecule has 224 valence electrons. The summed E-state index contributed by atoms with van der Waals surface area (Å²) < 4.78 is 10.8. The zero-order valence-corrected chi connectivity index (χ0v) is 24.9. The van der Waals surface area contributed by atoms with Crippen LogP contribution in [0.2, 0.25) is 10.0 Å². The number of carbonyl (C=O) groups is 1. The van der Waals surface area contributed by atoms with Crippen molar-refractivity contribution in [1.29, 1.82) is 0 Å². The Labute approximate surface area is 257 Å². The van der Waals surface area contributed by atoms with E-state index in [0.29, 0.717) is 28.7 Å². The minimum atomic E-state index is -0.568. The molecular formula is C28H29Cl2N9O4. The molecule has 43 heavy (non-hydrogen) atoms. The van der Waals surface area contributed by atoms with Gasteiger partial charge >= 0.3 is 0 Å². The van der Waals surface area contributed by atoms with Crippen LogP contribution in [0.25, 0.3) is 11.3 Å². The minimum absolute atomic E-state index is 0.0424. The highest BCUT2D eigenvalue weighted by atomic mass is 35.5. The second kappa shape index (κ2) is 14.4. The predicted molar refractivity (Wildman–Crippen MR) is 162 cm³/mol. The van der Waals surface area contributed by atoms with Gasteiger partial charge in [0.25, 0.3) is 5.91 Å². The lowest BCUT2D eigenvalue weighted by Gasteiger charge is -2.26. The molecule has 3 N–H and O–H groups in total. The lowest BCUT2D eigenvalue weighted by Crippen LogP contribution is -2.35. The number of hydrogen-bond acceptors (Lipinski definition) is 12. The number of anilines is 4. The zero-order chi connectivity index (χ0) is 30.2. The van der Waals surface area contributed by atoms with Gasteiger partial charge in [-0.15, -0.1) is 0 Å². The molecule has 1 aliphatic heterocycles. The quantitative estimate of drug-likeness (QED) is 0.199. The molecule has 0 unspecified atom stereocenters. The Morgan fingerprint density at radius 2 is 1.84 bits per heavy atom. The maximum absolute atomic E-state index is 12.7. The van der Waals surface area contributed by atoms with E-state index in [1.165, 1.54) is 25.8 Å². The topological polar surface area (TPSA) is 149 Å². The van der Waals surface area contributed by atoms with Crippen molar-refractivity contribution in [3.8, 4) is 17.0 Å². The number of morpholine rings is 1. The SMILES string of the molecule is CCONC(=O)c1cc(OC)c(Cl)c(Nc2ncncc2-c2cc(Nc3ccc(CN4CCOCC4)cn3)ncn2)c1Cl. The van der Waals surface area contributed by atoms with E-state index in [9.17, 15) is 4.79 Å². The molecular weight excluding hydrogens is 597 g/mol. The molecule has 4 aromatic rings. The fraction of sp³-hybridized carbons (Fsp3) is 0.286. The monoisotopic (exact) mass is 625 g/mol. The summed E-state index contributed by atoms with van der Waals surface area (Å²) in [5, 5.41) is 6.53. The van der Waals surface area contributed by atoms with Crippen molar-refractivity contribution < 1.29 is 19.1 Å². The van der Waals surface area contributed by atoms with Crippen LogP contribution in [-0.2, 0) is 16.1 Å². The van der Waals surface area contributed by atoms with Gasteiger partial charge in [0.05, 0.1) is 54.5 Å². The Bertz CT molecular complexity index is 1570. The van der Waals surface area contributed by atoms with E-state index in [0.717, 1.165) is 38.4 Å². The molecule has 0 aliphatic carbocycles. The predicted octanol–water partition coefficient (Wildman–Crippen LogP) is 4.64. The van der Waals surface area contributed by atoms with Crippen molar-refractivity contribution >= 4 is 52.3 Å². The maximum Gasteiger partial charge on any atom is 0.276 e. The van der Waals surface area contributed by atoms with Crippen molar-refractivity contribution in [2.45, 2.75) is 13.5 Å². The number of ether oxygens (including phenoxy) is 2. The highest BCUT2D eigenvalue weighted by Crippen LogP contribution is 2.42. The largest absolute Gasteiger partial charge is 0.495 e. The van der Waals surface area contributed by atoms with Gasteiger partial charge in [0.1, 0.15) is 40.9 Å². The van der Waals surface area contributed by atoms with Crippen LogP contribution >= 0.6 is 23.2 Å². The van der Waals surface area contributed by atoms with Crippen molar-refractivity contribution in [3.63, 3.8) is 0 Å². The summed E-state index contributed by atoms with van der Waals surface area (Å²) in [4.78, 5) is 41.9. The first-order chi connectivity index (χ1) is 21.0. The normalized spacial score (nSPS) is 13.4. The Morgan fingerprint density at radius 1 is 1.00 bits per heavy atom. The second-order valence-electron chi connectivity index (χ2n) is 9.26. The number of benzene rings is 1. The van der Waals surface area contributed by atoms with E-state index in [-0.39, 0.29) is 33.7 Å². The van der Waals surface area contributed by atoms with Crippen molar-refractivity contribution in [2.75, 3.05) is 50.7 Å². The first kappa shape index (κ1) is 30.3. The molecule has 0 saturated carbocycles. The van der Waals surface area contributed by atoms with Crippen LogP contribution in [0.15, 0.2) is 49.3 Å². The number of aromatic nitrogens is 5. The van der Waals surface area contributed by atoms with Gasteiger partial charge in [0.2, 0.25) is 0 Å². The molecule has 1 aliphatic rings. The van der Waals surface area contributed by atoms with E-state index < -0.39 is 5.91 Å². The van der Waals surface area contributed by atoms with Gasteiger partial charge in [-0.1, -0.05) is 29.3 Å². The third-order valence-corrected chi connectivity index (χ3v) is 7.20. The first-order valence-corrected chi connectivity index (χ1v) is 14.1. The smallest absolute Gasteiger partial charge is 0.276 e. The van der Waals surface area contributed by atoms with Gasteiger partial charge in [-0.2, -0.15) is 0 Å². The number of amides is 1. The van der Waals surface area contributed by atoms with Crippen molar-refractivity contribution in [2.24, 2.45) is 0 Å². The van der Waals surface area contributed by atoms with Crippen molar-refractivity contribution in [1.82, 2.24) is 35.3 Å². The van der Waals surface area contributed by atoms with Gasteiger partial charge < -0.3 is 20.1 Å². The van der Waals surface area contributed by atoms with E-state index in [2.05, 4.69) is 45.9 Å². The van der Waals surface area contributed by atoms with E-state index >= 15 is 0 Å². The highest BCUT2D eigenvalue weighted by Gasteiger charge is 2.23. The molecule has 0 atom stereocenters. The number of nitrogens with zero attached hydrogens (tertiary/aromatic N) is 6. The minimum Gasteiger partial charge on any atom is -0.495 e. The summed E-state index contributed by atoms with van der Waals surface area (Å²) in [5.41, 5.74) is 4.77. The summed E-state index contributed by atoms with van der Waals surface area (Å²) in [6.45, 7) is 6.14. The standard InChI is InChI=1S/C28H29Cl2N9O4/c1-3-43-38-28(40)18-10-21(41-2)25(30)26(24(18)29)37-27-19(13-31-15-35-27)20-11-23(34-16-33-20)36-22-5-4-17(12-32-22)14-39-6-8-42-9-7-39/h4-5,10-13,15-16H,3,6-9,14H2,1-2H3,(H,38,40)(H,31,35,37)(H,32,33,34,36). The van der Waals surface area contributed by atoms with Crippen LogP contribution < -0.4 is 20.9 Å². The lowest BCUT2D eigenvalue weighted by molar-refractivity contribution is 0.0341. The second-order valence-corrected chi connectivity index (χ2v) is 10.0. The number of pyridine rings is 1. The number of nitrogens with one attached hydrogen (secondary N) is 3. The number of hydroxylamine groups is 1. The molecule has 1 fully saturated rings. The van der Waals surface area contributed by atoms with Gasteiger partial charge in [0.15, 0.2) is 0 Å². The molecule has 3 aromatic heterocycles. The van der Waals surface area contributed by atoms with E-state index in [4.69, 9.17) is 37.5 Å². The summed E-state index contributed by atoms with van der Waals surface area (Å²) in [7, 11) is 1.43. The average Bonchev–Trinajstić information content (AvgIpc) is 3.04. The van der Waals surface area contributed by atoms with E-state index in [1.807, 2.05) is 18.3 Å². The summed E-state index contributed by atoms with van der Waals surface area (Å²) >= 11 is 13.2. The average molecular weight is 627 g/mol. The zero-order valence-electron chi connectivity index (χ0n) is 23.4. The molecule has 13 nitrogen and oxygen atoms in total. The Morgan fingerprint density at radius 3 is 2.58 bits per heavy atom. The van der Waals surface area contributed by atoms with Gasteiger partial charge in [-0.3, -0.25) is 14.5 Å².